The molecule has 1 aromatic carbocycles. The van der Waals surface area contributed by atoms with Gasteiger partial charge in [-0.25, -0.2) is 9.55 Å². The Hall–Kier alpha value is -2.60. The van der Waals surface area contributed by atoms with Crippen LogP contribution in [-0.2, 0) is 29.5 Å². The number of nitrogen functional groups attached to an aromatic ring is 1. The number of nitrogens with zero attached hydrogens (tertiary/aromatic N) is 4. The van der Waals surface area contributed by atoms with Gasteiger partial charge in [0, 0.05) is 0 Å². The van der Waals surface area contributed by atoms with Crippen molar-refractivity contribution in [3.8, 4) is 5.88 Å². The molecule has 170 valence electrons. The molecule has 5 unspecified atom stereocenters. The van der Waals surface area contributed by atoms with E-state index in [1.54, 1.807) is 0 Å². The van der Waals surface area contributed by atoms with E-state index in [9.17, 15) is 9.67 Å². The lowest BCUT2D eigenvalue weighted by atomic mass is 9.96. The Labute approximate surface area is 182 Å². The highest BCUT2D eigenvalue weighted by Gasteiger charge is 2.60. The molecule has 5 rings (SSSR count). The smallest absolute Gasteiger partial charge is 0.475 e. The SMILES string of the molecule is COc1nc(N)nc2c1ncn2C1OC2COP(=O)(OCc3ccccc3)OC2C1(C)O. The van der Waals surface area contributed by atoms with Gasteiger partial charge in [-0.3, -0.25) is 18.1 Å². The van der Waals surface area contributed by atoms with Gasteiger partial charge in [-0.2, -0.15) is 9.97 Å². The van der Waals surface area contributed by atoms with Crippen LogP contribution in [0.2, 0.25) is 0 Å². The molecule has 3 N–H and O–H groups in total. The molecule has 32 heavy (non-hydrogen) atoms. The van der Waals surface area contributed by atoms with Crippen LogP contribution in [0.3, 0.4) is 0 Å². The molecule has 5 atom stereocenters. The zero-order valence-corrected chi connectivity index (χ0v) is 18.2. The van der Waals surface area contributed by atoms with E-state index < -0.39 is 31.9 Å². The molecule has 4 heterocycles. The van der Waals surface area contributed by atoms with Crippen molar-refractivity contribution in [1.82, 2.24) is 19.5 Å². The van der Waals surface area contributed by atoms with Crippen LogP contribution in [-0.4, -0.2) is 56.2 Å². The summed E-state index contributed by atoms with van der Waals surface area (Å²) >= 11 is 0. The van der Waals surface area contributed by atoms with Crippen LogP contribution in [0.5, 0.6) is 5.88 Å². The van der Waals surface area contributed by atoms with E-state index in [0.29, 0.717) is 11.2 Å². The largest absolute Gasteiger partial charge is 0.479 e. The first kappa shape index (κ1) is 21.3. The summed E-state index contributed by atoms with van der Waals surface area (Å²) in [5.74, 6) is 0.171. The second kappa shape index (κ2) is 7.77. The molecule has 0 spiro atoms. The van der Waals surface area contributed by atoms with Crippen LogP contribution in [0, 0.1) is 0 Å². The van der Waals surface area contributed by atoms with Crippen LogP contribution < -0.4 is 10.5 Å². The minimum atomic E-state index is -3.93. The number of methoxy groups -OCH3 is 1. The number of phosphoric ester groups is 1. The number of aromatic nitrogens is 4. The maximum atomic E-state index is 13.1. The second-order valence-corrected chi connectivity index (χ2v) is 9.32. The summed E-state index contributed by atoms with van der Waals surface area (Å²) < 4.78 is 42.3. The molecule has 2 aliphatic rings. The van der Waals surface area contributed by atoms with E-state index >= 15 is 0 Å². The van der Waals surface area contributed by atoms with Gasteiger partial charge in [-0.1, -0.05) is 30.3 Å². The number of ether oxygens (including phenoxy) is 2. The van der Waals surface area contributed by atoms with Gasteiger partial charge in [0.2, 0.25) is 11.8 Å². The summed E-state index contributed by atoms with van der Waals surface area (Å²) in [4.78, 5) is 12.5. The lowest BCUT2D eigenvalue weighted by Crippen LogP contribution is -2.47. The van der Waals surface area contributed by atoms with Gasteiger partial charge >= 0.3 is 7.82 Å². The number of hydrogen-bond acceptors (Lipinski definition) is 11. The van der Waals surface area contributed by atoms with Gasteiger partial charge in [0.1, 0.15) is 17.8 Å². The van der Waals surface area contributed by atoms with Gasteiger partial charge in [0.05, 0.1) is 26.7 Å². The molecule has 2 saturated heterocycles. The molecule has 2 aliphatic heterocycles. The molecule has 13 heteroatoms. The van der Waals surface area contributed by atoms with Crippen LogP contribution >= 0.6 is 7.82 Å². The topological polar surface area (TPSA) is 153 Å². The standard InChI is InChI=1S/C19H22N5O7P/c1-19(25)14-12(9-29-32(26,31-14)28-8-11-6-4-3-5-7-11)30-17(19)24-10-21-13-15(24)22-18(20)23-16(13)27-2/h3-7,10,12,14,17,25H,8-9H2,1-2H3,(H2,20,22,23). The molecular weight excluding hydrogens is 441 g/mol. The first-order chi connectivity index (χ1) is 15.3. The maximum Gasteiger partial charge on any atom is 0.475 e. The van der Waals surface area contributed by atoms with E-state index in [0.717, 1.165) is 5.56 Å². The Kier molecular flexibility index (Phi) is 5.16. The minimum Gasteiger partial charge on any atom is -0.479 e. The molecule has 2 fully saturated rings. The normalized spacial score (nSPS) is 32.2. The lowest BCUT2D eigenvalue weighted by molar-refractivity contribution is -0.0911. The lowest BCUT2D eigenvalue weighted by Gasteiger charge is -2.35. The van der Waals surface area contributed by atoms with Crippen molar-refractivity contribution in [2.45, 2.75) is 37.6 Å². The van der Waals surface area contributed by atoms with E-state index in [2.05, 4.69) is 15.0 Å². The van der Waals surface area contributed by atoms with Gasteiger partial charge in [-0.15, -0.1) is 0 Å². The van der Waals surface area contributed by atoms with Crippen molar-refractivity contribution < 1.29 is 32.7 Å². The van der Waals surface area contributed by atoms with Crippen molar-refractivity contribution in [1.29, 1.82) is 0 Å². The minimum absolute atomic E-state index is 0.0236. The van der Waals surface area contributed by atoms with E-state index in [4.69, 9.17) is 28.8 Å². The summed E-state index contributed by atoms with van der Waals surface area (Å²) in [7, 11) is -2.49. The number of hydrogen-bond donors (Lipinski definition) is 2. The molecule has 0 bridgehead atoms. The van der Waals surface area contributed by atoms with Crippen molar-refractivity contribution >= 4 is 24.9 Å². The highest BCUT2D eigenvalue weighted by atomic mass is 31.2. The predicted octanol–water partition coefficient (Wildman–Crippen LogP) is 1.81. The predicted molar refractivity (Wildman–Crippen MR) is 110 cm³/mol. The molecule has 3 aromatic rings. The number of fused-ring (bicyclic) bond motifs is 2. The summed E-state index contributed by atoms with van der Waals surface area (Å²) in [6, 6.07) is 9.21. The van der Waals surface area contributed by atoms with Crippen molar-refractivity contribution in [2.75, 3.05) is 19.5 Å². The summed E-state index contributed by atoms with van der Waals surface area (Å²) in [6.07, 6.45) is -1.23. The quantitative estimate of drug-likeness (QED) is 0.533. The third-order valence-electron chi connectivity index (χ3n) is 5.44. The molecule has 0 amide bonds. The van der Waals surface area contributed by atoms with Crippen molar-refractivity contribution in [3.05, 3.63) is 42.2 Å². The number of aliphatic hydroxyl groups is 1. The number of nitrogens with two attached hydrogens (primary N) is 1. The Balaban J connectivity index is 1.41. The Bertz CT molecular complexity index is 1190. The number of benzene rings is 1. The fourth-order valence-electron chi connectivity index (χ4n) is 3.89. The molecule has 0 saturated carbocycles. The van der Waals surface area contributed by atoms with Crippen LogP contribution in [0.25, 0.3) is 11.2 Å². The maximum absolute atomic E-state index is 13.1. The molecule has 0 aliphatic carbocycles. The van der Waals surface area contributed by atoms with Crippen molar-refractivity contribution in [3.63, 3.8) is 0 Å². The third kappa shape index (κ3) is 3.54. The molecule has 12 nitrogen and oxygen atoms in total. The zero-order chi connectivity index (χ0) is 22.5. The average Bonchev–Trinajstić information content (AvgIpc) is 3.30. The first-order valence-electron chi connectivity index (χ1n) is 9.84. The fraction of sp³-hybridized carbons (Fsp3) is 0.421. The van der Waals surface area contributed by atoms with Crippen molar-refractivity contribution in [2.24, 2.45) is 0 Å². The van der Waals surface area contributed by atoms with E-state index in [-0.39, 0.29) is 25.0 Å². The van der Waals surface area contributed by atoms with Crippen LogP contribution in [0.4, 0.5) is 5.95 Å². The highest BCUT2D eigenvalue weighted by Crippen LogP contribution is 2.59. The Morgan fingerprint density at radius 2 is 2.12 bits per heavy atom. The Morgan fingerprint density at radius 3 is 2.88 bits per heavy atom. The number of anilines is 1. The zero-order valence-electron chi connectivity index (χ0n) is 17.3. The third-order valence-corrected chi connectivity index (χ3v) is 6.84. The molecule has 0 radical (unpaired) electrons. The van der Waals surface area contributed by atoms with Gasteiger partial charge in [-0.05, 0) is 12.5 Å². The summed E-state index contributed by atoms with van der Waals surface area (Å²) in [5, 5.41) is 11.4. The van der Waals surface area contributed by atoms with Gasteiger partial charge < -0.3 is 20.3 Å². The monoisotopic (exact) mass is 463 g/mol. The second-order valence-electron chi connectivity index (χ2n) is 7.70. The van der Waals surface area contributed by atoms with Crippen LogP contribution in [0.15, 0.2) is 36.7 Å². The number of phosphoric acid groups is 1. The fourth-order valence-corrected chi connectivity index (χ4v) is 5.35. The highest BCUT2D eigenvalue weighted by molar-refractivity contribution is 7.48. The van der Waals surface area contributed by atoms with Gasteiger partial charge in [0.25, 0.3) is 0 Å². The summed E-state index contributed by atoms with van der Waals surface area (Å²) in [6.45, 7) is 1.46. The van der Waals surface area contributed by atoms with Crippen LogP contribution in [0.1, 0.15) is 18.7 Å². The number of rotatable bonds is 5. The molecular formula is C19H22N5O7P. The number of imidazole rings is 1. The average molecular weight is 463 g/mol. The first-order valence-corrected chi connectivity index (χ1v) is 11.3. The van der Waals surface area contributed by atoms with Gasteiger partial charge in [0.15, 0.2) is 17.4 Å². The van der Waals surface area contributed by atoms with E-state index in [1.165, 1.54) is 24.9 Å². The molecule has 2 aromatic heterocycles. The summed E-state index contributed by atoms with van der Waals surface area (Å²) in [5.41, 5.74) is 5.63. The Morgan fingerprint density at radius 1 is 1.34 bits per heavy atom. The van der Waals surface area contributed by atoms with E-state index in [1.807, 2.05) is 30.3 Å².